The van der Waals surface area contributed by atoms with Crippen molar-refractivity contribution in [1.29, 1.82) is 0 Å². The molecule has 0 amide bonds. The molecule has 3 aromatic heterocycles. The first-order valence-electron chi connectivity index (χ1n) is 18.1. The monoisotopic (exact) mass is 690 g/mol. The highest BCUT2D eigenvalue weighted by molar-refractivity contribution is 6.35. The molecule has 6 nitrogen and oxygen atoms in total. The second kappa shape index (κ2) is 12.1. The molecule has 0 bridgehead atoms. The van der Waals surface area contributed by atoms with Crippen molar-refractivity contribution in [2.45, 2.75) is 0 Å². The first-order valence-corrected chi connectivity index (χ1v) is 18.1. The zero-order valence-corrected chi connectivity index (χ0v) is 29.0. The number of para-hydroxylation sites is 1. The van der Waals surface area contributed by atoms with Crippen LogP contribution in [0.2, 0.25) is 0 Å². The zero-order chi connectivity index (χ0) is 35.6. The minimum absolute atomic E-state index is 0.552. The van der Waals surface area contributed by atoms with E-state index in [2.05, 4.69) is 149 Å². The Morgan fingerprint density at radius 1 is 0.333 bits per heavy atom. The van der Waals surface area contributed by atoms with Crippen LogP contribution in [0.3, 0.4) is 0 Å². The number of fused-ring (bicyclic) bond motifs is 10. The lowest BCUT2D eigenvalue weighted by molar-refractivity contribution is 0.955. The molecule has 0 aliphatic heterocycles. The molecule has 6 heteroatoms. The normalized spacial score (nSPS) is 11.7. The lowest BCUT2D eigenvalue weighted by Gasteiger charge is -2.13. The van der Waals surface area contributed by atoms with Gasteiger partial charge in [0, 0.05) is 38.5 Å². The molecule has 11 rings (SSSR count). The van der Waals surface area contributed by atoms with E-state index < -0.39 is 0 Å². The number of hydrogen-bond acceptors (Lipinski definition) is 4. The summed E-state index contributed by atoms with van der Waals surface area (Å²) in [6.07, 6.45) is 0. The summed E-state index contributed by atoms with van der Waals surface area (Å²) in [4.78, 5) is 21.0. The molecular formula is C48H30N6. The predicted molar refractivity (Wildman–Crippen MR) is 220 cm³/mol. The molecule has 0 radical (unpaired) electrons. The fourth-order valence-corrected chi connectivity index (χ4v) is 8.03. The van der Waals surface area contributed by atoms with Gasteiger partial charge in [-0.1, -0.05) is 158 Å². The second-order valence-corrected chi connectivity index (χ2v) is 13.5. The Morgan fingerprint density at radius 2 is 0.833 bits per heavy atom. The van der Waals surface area contributed by atoms with E-state index in [1.54, 1.807) is 0 Å². The van der Waals surface area contributed by atoms with Crippen LogP contribution in [-0.2, 0) is 0 Å². The van der Waals surface area contributed by atoms with Crippen molar-refractivity contribution in [2.75, 3.05) is 0 Å². The molecule has 0 spiro atoms. The lowest BCUT2D eigenvalue weighted by atomic mass is 9.96. The highest BCUT2D eigenvalue weighted by Crippen LogP contribution is 2.45. The molecule has 3 heterocycles. The van der Waals surface area contributed by atoms with Gasteiger partial charge >= 0.3 is 0 Å². The van der Waals surface area contributed by atoms with E-state index >= 15 is 0 Å². The third-order valence-electron chi connectivity index (χ3n) is 10.4. The third-order valence-corrected chi connectivity index (χ3v) is 10.4. The molecule has 54 heavy (non-hydrogen) atoms. The van der Waals surface area contributed by atoms with E-state index in [-0.39, 0.29) is 0 Å². The number of hydrogen-bond donors (Lipinski definition) is 0. The molecule has 0 atom stereocenters. The highest BCUT2D eigenvalue weighted by Gasteiger charge is 2.26. The van der Waals surface area contributed by atoms with Gasteiger partial charge in [-0.25, -0.2) is 9.97 Å². The van der Waals surface area contributed by atoms with Gasteiger partial charge in [0.2, 0.25) is 5.95 Å². The molecule has 11 aromatic rings. The number of aromatic nitrogens is 6. The van der Waals surface area contributed by atoms with Crippen LogP contribution >= 0.6 is 0 Å². The highest BCUT2D eigenvalue weighted by atomic mass is 15.2. The Hall–Kier alpha value is -7.44. The summed E-state index contributed by atoms with van der Waals surface area (Å²) in [5.41, 5.74) is 7.89. The predicted octanol–water partition coefficient (Wildman–Crippen LogP) is 11.6. The topological polar surface area (TPSA) is 61.4 Å². The maximum absolute atomic E-state index is 5.36. The quantitative estimate of drug-likeness (QED) is 0.169. The Bertz CT molecular complexity index is 3130. The summed E-state index contributed by atoms with van der Waals surface area (Å²) >= 11 is 0. The number of rotatable bonds is 5. The SMILES string of the molecule is c1ccc(-c2nc(-c3ccccc3)nc(-n3c4ccc5nc(-c6ccccc6)n(-c6ccccc6)c5c4c4c5ccccc5c5ccccc5c43)n2)cc1. The summed E-state index contributed by atoms with van der Waals surface area (Å²) in [6.45, 7) is 0. The summed E-state index contributed by atoms with van der Waals surface area (Å²) in [5, 5.41) is 6.85. The van der Waals surface area contributed by atoms with Crippen molar-refractivity contribution < 1.29 is 0 Å². The van der Waals surface area contributed by atoms with Crippen LogP contribution in [0.4, 0.5) is 0 Å². The molecule has 0 aliphatic rings. The number of imidazole rings is 1. The van der Waals surface area contributed by atoms with Crippen molar-refractivity contribution >= 4 is 54.4 Å². The van der Waals surface area contributed by atoms with Crippen LogP contribution in [0.25, 0.3) is 100 Å². The van der Waals surface area contributed by atoms with E-state index in [0.29, 0.717) is 17.6 Å². The molecule has 8 aromatic carbocycles. The van der Waals surface area contributed by atoms with E-state index in [9.17, 15) is 0 Å². The van der Waals surface area contributed by atoms with Crippen LogP contribution in [0.1, 0.15) is 0 Å². The largest absolute Gasteiger partial charge is 0.292 e. The molecule has 0 unspecified atom stereocenters. The van der Waals surface area contributed by atoms with Gasteiger partial charge in [-0.3, -0.25) is 9.13 Å². The van der Waals surface area contributed by atoms with Gasteiger partial charge in [0.1, 0.15) is 5.82 Å². The van der Waals surface area contributed by atoms with Gasteiger partial charge in [-0.2, -0.15) is 9.97 Å². The molecule has 0 saturated heterocycles. The molecule has 0 fully saturated rings. The van der Waals surface area contributed by atoms with Gasteiger partial charge in [-0.05, 0) is 40.4 Å². The van der Waals surface area contributed by atoms with E-state index in [4.69, 9.17) is 19.9 Å². The summed E-state index contributed by atoms with van der Waals surface area (Å²) in [7, 11) is 0. The van der Waals surface area contributed by atoms with Crippen LogP contribution in [0.15, 0.2) is 182 Å². The minimum atomic E-state index is 0.552. The Morgan fingerprint density at radius 3 is 1.44 bits per heavy atom. The first kappa shape index (κ1) is 30.2. The fraction of sp³-hybridized carbons (Fsp3) is 0. The molecular weight excluding hydrogens is 661 g/mol. The average molecular weight is 691 g/mol. The summed E-state index contributed by atoms with van der Waals surface area (Å²) in [5.74, 6) is 2.66. The van der Waals surface area contributed by atoms with E-state index in [1.807, 2.05) is 42.5 Å². The summed E-state index contributed by atoms with van der Waals surface area (Å²) in [6, 6.07) is 63.0. The first-order chi connectivity index (χ1) is 26.8. The zero-order valence-electron chi connectivity index (χ0n) is 29.0. The van der Waals surface area contributed by atoms with E-state index in [1.165, 1.54) is 10.8 Å². The van der Waals surface area contributed by atoms with Gasteiger partial charge in [0.25, 0.3) is 0 Å². The fourth-order valence-electron chi connectivity index (χ4n) is 8.03. The Balaban J connectivity index is 1.38. The van der Waals surface area contributed by atoms with Crippen LogP contribution in [-0.4, -0.2) is 29.1 Å². The Labute approximate surface area is 310 Å². The number of benzene rings is 8. The van der Waals surface area contributed by atoms with Gasteiger partial charge in [0.05, 0.1) is 22.1 Å². The molecule has 252 valence electrons. The van der Waals surface area contributed by atoms with Crippen molar-refractivity contribution in [2.24, 2.45) is 0 Å². The summed E-state index contributed by atoms with van der Waals surface area (Å²) < 4.78 is 4.57. The van der Waals surface area contributed by atoms with Crippen LogP contribution in [0.5, 0.6) is 0 Å². The maximum atomic E-state index is 5.36. The second-order valence-electron chi connectivity index (χ2n) is 13.5. The average Bonchev–Trinajstić information content (AvgIpc) is 3.82. The maximum Gasteiger partial charge on any atom is 0.238 e. The van der Waals surface area contributed by atoms with Crippen molar-refractivity contribution in [3.8, 4) is 45.8 Å². The van der Waals surface area contributed by atoms with Crippen molar-refractivity contribution in [3.05, 3.63) is 182 Å². The van der Waals surface area contributed by atoms with E-state index in [0.717, 1.165) is 71.8 Å². The Kier molecular flexibility index (Phi) is 6.75. The standard InChI is InChI=1S/C48H30N6/c1-5-17-31(18-6-1)45-50-46(32-19-7-2-8-20-32)52-48(51-45)54-40-30-29-39-44(53(34-23-11-4-12-24-34)47(49-39)33-21-9-3-10-22-33)42(40)41-37-27-15-13-25-35(37)36-26-14-16-28-38(36)43(41)54/h1-30H. The van der Waals surface area contributed by atoms with Gasteiger partial charge in [-0.15, -0.1) is 0 Å². The molecule has 0 saturated carbocycles. The van der Waals surface area contributed by atoms with Crippen LogP contribution in [0, 0.1) is 0 Å². The molecule has 0 aliphatic carbocycles. The van der Waals surface area contributed by atoms with Gasteiger partial charge in [0.15, 0.2) is 11.6 Å². The number of nitrogens with zero attached hydrogens (tertiary/aromatic N) is 6. The van der Waals surface area contributed by atoms with Crippen molar-refractivity contribution in [1.82, 2.24) is 29.1 Å². The third kappa shape index (κ3) is 4.60. The van der Waals surface area contributed by atoms with Crippen molar-refractivity contribution in [3.63, 3.8) is 0 Å². The van der Waals surface area contributed by atoms with Crippen LogP contribution < -0.4 is 0 Å². The molecule has 0 N–H and O–H groups in total. The lowest BCUT2D eigenvalue weighted by Crippen LogP contribution is -2.06. The minimum Gasteiger partial charge on any atom is -0.292 e. The smallest absolute Gasteiger partial charge is 0.238 e. The van der Waals surface area contributed by atoms with Gasteiger partial charge < -0.3 is 0 Å².